The van der Waals surface area contributed by atoms with Gasteiger partial charge >= 0.3 is 6.09 Å². The maximum atomic E-state index is 13.8. The Kier molecular flexibility index (Phi) is 7.40. The molecule has 1 aromatic heterocycles. The van der Waals surface area contributed by atoms with E-state index in [1.807, 2.05) is 0 Å². The van der Waals surface area contributed by atoms with Crippen LogP contribution in [-0.4, -0.2) is 55.7 Å². The minimum atomic E-state index is -1.08. The number of fused-ring (bicyclic) bond motifs is 3. The van der Waals surface area contributed by atoms with Gasteiger partial charge in [-0.15, -0.1) is 0 Å². The van der Waals surface area contributed by atoms with Crippen molar-refractivity contribution in [2.75, 3.05) is 13.1 Å². The lowest BCUT2D eigenvalue weighted by molar-refractivity contribution is 0.0992. The number of hydrogen-bond acceptors (Lipinski definition) is 4. The quantitative estimate of drug-likeness (QED) is 0.404. The lowest BCUT2D eigenvalue weighted by Gasteiger charge is -2.41. The summed E-state index contributed by atoms with van der Waals surface area (Å²) in [5.41, 5.74) is 4.69. The minimum absolute atomic E-state index is 0.340. The van der Waals surface area contributed by atoms with Crippen molar-refractivity contribution in [2.24, 2.45) is 0 Å². The molecule has 0 radical (unpaired) electrons. The summed E-state index contributed by atoms with van der Waals surface area (Å²) in [6.07, 6.45) is 5.15. The molecule has 4 atom stereocenters. The molecule has 3 aliphatic heterocycles. The van der Waals surface area contributed by atoms with Crippen LogP contribution in [0.5, 0.6) is 0 Å². The molecule has 39 heavy (non-hydrogen) atoms. The van der Waals surface area contributed by atoms with E-state index in [9.17, 15) is 14.3 Å². The second kappa shape index (κ2) is 11.1. The van der Waals surface area contributed by atoms with Gasteiger partial charge in [0.1, 0.15) is 11.6 Å². The molecule has 2 fully saturated rings. The van der Waals surface area contributed by atoms with Crippen LogP contribution in [0.25, 0.3) is 0 Å². The maximum absolute atomic E-state index is 13.8. The summed E-state index contributed by atoms with van der Waals surface area (Å²) in [5, 5.41) is 12.0. The zero-order valence-electron chi connectivity index (χ0n) is 22.6. The number of rotatable bonds is 8. The van der Waals surface area contributed by atoms with Gasteiger partial charge in [0.15, 0.2) is 0 Å². The van der Waals surface area contributed by atoms with E-state index in [2.05, 4.69) is 56.9 Å². The first-order valence-electron chi connectivity index (χ1n) is 14.3. The van der Waals surface area contributed by atoms with Crippen LogP contribution < -0.4 is 5.32 Å². The molecular weight excluding hydrogens is 493 g/mol. The number of carbonyl (C=O) groups is 1. The summed E-state index contributed by atoms with van der Waals surface area (Å²) in [6, 6.07) is 18.0. The van der Waals surface area contributed by atoms with E-state index in [1.54, 1.807) is 12.1 Å². The number of carboxylic acid groups (broad SMARTS) is 1. The second-order valence-corrected chi connectivity index (χ2v) is 11.5. The van der Waals surface area contributed by atoms with Crippen molar-refractivity contribution < 1.29 is 14.3 Å². The van der Waals surface area contributed by atoms with Gasteiger partial charge in [-0.2, -0.15) is 0 Å². The van der Waals surface area contributed by atoms with Gasteiger partial charge in [-0.05, 0) is 62.3 Å². The molecule has 3 aromatic rings. The molecule has 8 heteroatoms. The number of amides is 1. The van der Waals surface area contributed by atoms with Crippen molar-refractivity contribution >= 4 is 6.09 Å². The van der Waals surface area contributed by atoms with Gasteiger partial charge in [0, 0.05) is 56.4 Å². The van der Waals surface area contributed by atoms with Crippen LogP contribution in [0.2, 0.25) is 0 Å². The molecule has 0 saturated carbocycles. The standard InChI is InChI=1S/C31H38FN5O2/c1-21-33-29-20-35(19-22-6-3-2-4-7-22)14-13-30(29)37(21)27-17-25-10-11-26(18-27)36(25)15-12-28(34-31(38)39)23-8-5-9-24(32)16-23/h2-9,16,25-28,34H,10-15,17-20H2,1H3,(H,38,39)/t25-,26+,27?,28-/m0/s1. The molecule has 1 amide bonds. The Morgan fingerprint density at radius 2 is 1.87 bits per heavy atom. The molecule has 2 aromatic carbocycles. The molecule has 4 heterocycles. The Hall–Kier alpha value is -3.23. The summed E-state index contributed by atoms with van der Waals surface area (Å²) in [5.74, 6) is 0.795. The average molecular weight is 532 g/mol. The predicted molar refractivity (Wildman–Crippen MR) is 148 cm³/mol. The molecule has 0 spiro atoms. The third-order valence-corrected chi connectivity index (χ3v) is 9.01. The van der Waals surface area contributed by atoms with Crippen LogP contribution >= 0.6 is 0 Å². The molecule has 206 valence electrons. The highest BCUT2D eigenvalue weighted by Gasteiger charge is 2.42. The van der Waals surface area contributed by atoms with Gasteiger partial charge in [0.2, 0.25) is 0 Å². The monoisotopic (exact) mass is 531 g/mol. The number of hydrogen-bond donors (Lipinski definition) is 2. The fourth-order valence-corrected chi connectivity index (χ4v) is 7.35. The van der Waals surface area contributed by atoms with E-state index in [0.29, 0.717) is 30.1 Å². The first-order valence-corrected chi connectivity index (χ1v) is 14.3. The predicted octanol–water partition coefficient (Wildman–Crippen LogP) is 5.46. The third-order valence-electron chi connectivity index (χ3n) is 9.01. The molecule has 2 N–H and O–H groups in total. The van der Waals surface area contributed by atoms with E-state index in [1.165, 1.54) is 41.9 Å². The Balaban J connectivity index is 1.12. The van der Waals surface area contributed by atoms with E-state index < -0.39 is 12.1 Å². The number of aromatic nitrogens is 2. The Bertz CT molecular complexity index is 1300. The fraction of sp³-hybridized carbons (Fsp3) is 0.484. The number of nitrogens with one attached hydrogen (secondary N) is 1. The van der Waals surface area contributed by atoms with E-state index in [-0.39, 0.29) is 5.82 Å². The van der Waals surface area contributed by atoms with E-state index in [4.69, 9.17) is 4.98 Å². The fourth-order valence-electron chi connectivity index (χ4n) is 7.35. The van der Waals surface area contributed by atoms with Crippen LogP contribution in [0, 0.1) is 12.7 Å². The number of imidazole rings is 1. The molecule has 2 bridgehead atoms. The Labute approximate surface area is 229 Å². The summed E-state index contributed by atoms with van der Waals surface area (Å²) in [7, 11) is 0. The number of piperidine rings is 1. The zero-order chi connectivity index (χ0) is 26.9. The lowest BCUT2D eigenvalue weighted by atomic mass is 9.94. The molecule has 2 saturated heterocycles. The van der Waals surface area contributed by atoms with Crippen molar-refractivity contribution in [1.82, 2.24) is 24.7 Å². The molecule has 6 rings (SSSR count). The van der Waals surface area contributed by atoms with Crippen LogP contribution in [-0.2, 0) is 19.5 Å². The van der Waals surface area contributed by atoms with Crippen LogP contribution in [0.15, 0.2) is 54.6 Å². The average Bonchev–Trinajstić information content (AvgIpc) is 3.36. The van der Waals surface area contributed by atoms with Crippen molar-refractivity contribution in [1.29, 1.82) is 0 Å². The van der Waals surface area contributed by atoms with Gasteiger partial charge in [-0.1, -0.05) is 42.5 Å². The maximum Gasteiger partial charge on any atom is 0.405 e. The largest absolute Gasteiger partial charge is 0.465 e. The molecule has 3 aliphatic rings. The molecule has 1 unspecified atom stereocenters. The van der Waals surface area contributed by atoms with Crippen LogP contribution in [0.3, 0.4) is 0 Å². The van der Waals surface area contributed by atoms with E-state index in [0.717, 1.165) is 51.3 Å². The normalized spacial score (nSPS) is 23.9. The van der Waals surface area contributed by atoms with E-state index >= 15 is 0 Å². The summed E-state index contributed by atoms with van der Waals surface area (Å²) >= 11 is 0. The lowest BCUT2D eigenvalue weighted by Crippen LogP contribution is -2.45. The summed E-state index contributed by atoms with van der Waals surface area (Å²) < 4.78 is 16.4. The zero-order valence-corrected chi connectivity index (χ0v) is 22.6. The number of benzene rings is 2. The highest BCUT2D eigenvalue weighted by Crippen LogP contribution is 2.43. The Morgan fingerprint density at radius 3 is 2.59 bits per heavy atom. The highest BCUT2D eigenvalue weighted by atomic mass is 19.1. The smallest absolute Gasteiger partial charge is 0.405 e. The topological polar surface area (TPSA) is 73.6 Å². The van der Waals surface area contributed by atoms with Gasteiger partial charge < -0.3 is 15.0 Å². The number of aryl methyl sites for hydroxylation is 1. The highest BCUT2D eigenvalue weighted by molar-refractivity contribution is 5.65. The molecule has 0 aliphatic carbocycles. The van der Waals surface area contributed by atoms with Crippen LogP contribution in [0.1, 0.15) is 72.5 Å². The van der Waals surface area contributed by atoms with Gasteiger partial charge in [-0.3, -0.25) is 9.80 Å². The summed E-state index contributed by atoms with van der Waals surface area (Å²) in [6.45, 7) is 5.88. The third kappa shape index (κ3) is 5.58. The van der Waals surface area contributed by atoms with Crippen molar-refractivity contribution in [2.45, 2.75) is 82.7 Å². The number of nitrogens with zero attached hydrogens (tertiary/aromatic N) is 4. The first-order chi connectivity index (χ1) is 18.9. The summed E-state index contributed by atoms with van der Waals surface area (Å²) in [4.78, 5) is 21.6. The number of halogens is 1. The molecular formula is C31H38FN5O2. The Morgan fingerprint density at radius 1 is 1.10 bits per heavy atom. The first kappa shape index (κ1) is 26.0. The molecule has 7 nitrogen and oxygen atoms in total. The van der Waals surface area contributed by atoms with Crippen LogP contribution in [0.4, 0.5) is 9.18 Å². The van der Waals surface area contributed by atoms with Gasteiger partial charge in [-0.25, -0.2) is 14.2 Å². The van der Waals surface area contributed by atoms with Crippen molar-refractivity contribution in [3.8, 4) is 0 Å². The minimum Gasteiger partial charge on any atom is -0.465 e. The van der Waals surface area contributed by atoms with Crippen molar-refractivity contribution in [3.63, 3.8) is 0 Å². The van der Waals surface area contributed by atoms with Crippen molar-refractivity contribution in [3.05, 3.63) is 88.8 Å². The van der Waals surface area contributed by atoms with Gasteiger partial charge in [0.05, 0.1) is 11.7 Å². The van der Waals surface area contributed by atoms with Gasteiger partial charge in [0.25, 0.3) is 0 Å². The SMILES string of the molecule is Cc1nc2c(n1C1C[C@H]3CC[C@@H](C1)N3CC[C@H](NC(=O)O)c1cccc(F)c1)CCN(Cc1ccccc1)C2. The second-order valence-electron chi connectivity index (χ2n) is 11.5.